The molecule has 3 rings (SSSR count). The standard InChI is InChI=1S/C20H29N5O/c1-2-3-4-5-6-7-8-15-9-11-16(12-10-15)18-23-19(26-24-18)17-13-14-25(17)20(21)22/h9-12,17H,2-8,13-14H2,1H3,(H3,21,22)/p+1/t17-/m0/s1. The van der Waals surface area contributed by atoms with Crippen molar-refractivity contribution in [3.63, 3.8) is 0 Å². The van der Waals surface area contributed by atoms with E-state index in [4.69, 9.17) is 16.0 Å². The van der Waals surface area contributed by atoms with Crippen LogP contribution in [-0.4, -0.2) is 27.2 Å². The molecular weight excluding hydrogens is 326 g/mol. The molecule has 1 fully saturated rings. The number of aromatic nitrogens is 2. The molecule has 6 heteroatoms. The van der Waals surface area contributed by atoms with Crippen LogP contribution < -0.4 is 11.5 Å². The van der Waals surface area contributed by atoms with Crippen LogP contribution in [0.15, 0.2) is 28.8 Å². The summed E-state index contributed by atoms with van der Waals surface area (Å²) in [5.41, 5.74) is 13.7. The highest BCUT2D eigenvalue weighted by Crippen LogP contribution is 2.29. The second kappa shape index (κ2) is 8.83. The van der Waals surface area contributed by atoms with E-state index < -0.39 is 0 Å². The summed E-state index contributed by atoms with van der Waals surface area (Å²) in [5.74, 6) is 1.50. The van der Waals surface area contributed by atoms with Crippen LogP contribution in [0, 0.1) is 0 Å². The van der Waals surface area contributed by atoms with Crippen LogP contribution in [0.1, 0.15) is 69.4 Å². The van der Waals surface area contributed by atoms with Crippen molar-refractivity contribution in [3.05, 3.63) is 35.7 Å². The molecule has 2 heterocycles. The van der Waals surface area contributed by atoms with Crippen LogP contribution in [0.4, 0.5) is 0 Å². The van der Waals surface area contributed by atoms with Crippen molar-refractivity contribution < 1.29 is 9.10 Å². The lowest BCUT2D eigenvalue weighted by Crippen LogP contribution is -2.45. The molecule has 26 heavy (non-hydrogen) atoms. The second-order valence-corrected chi connectivity index (χ2v) is 7.09. The number of rotatable bonds is 9. The van der Waals surface area contributed by atoms with Gasteiger partial charge >= 0.3 is 5.96 Å². The minimum absolute atomic E-state index is 0.00762. The molecular formula is C20H30N5O+. The molecule has 6 nitrogen and oxygen atoms in total. The summed E-state index contributed by atoms with van der Waals surface area (Å²) >= 11 is 0. The fourth-order valence-electron chi connectivity index (χ4n) is 3.37. The molecule has 4 N–H and O–H groups in total. The predicted molar refractivity (Wildman–Crippen MR) is 103 cm³/mol. The van der Waals surface area contributed by atoms with Crippen molar-refractivity contribution in [3.8, 4) is 11.4 Å². The highest BCUT2D eigenvalue weighted by molar-refractivity contribution is 5.70. The number of aryl methyl sites for hydroxylation is 1. The van der Waals surface area contributed by atoms with Gasteiger partial charge in [0.25, 0.3) is 5.89 Å². The molecule has 0 saturated carbocycles. The lowest BCUT2D eigenvalue weighted by molar-refractivity contribution is -0.637. The van der Waals surface area contributed by atoms with E-state index in [-0.39, 0.29) is 6.04 Å². The topological polar surface area (TPSA) is 94.0 Å². The maximum atomic E-state index is 5.66. The molecule has 1 aromatic carbocycles. The molecule has 1 saturated heterocycles. The SMILES string of the molecule is CCCCCCCCc1ccc(-c2noc([C@@H]3CC[N+]3=C(N)N)n2)cc1. The van der Waals surface area contributed by atoms with Gasteiger partial charge in [-0.3, -0.25) is 16.0 Å². The van der Waals surface area contributed by atoms with Gasteiger partial charge in [0.2, 0.25) is 5.82 Å². The van der Waals surface area contributed by atoms with Crippen molar-refractivity contribution in [1.29, 1.82) is 0 Å². The minimum atomic E-state index is 0.00762. The summed E-state index contributed by atoms with van der Waals surface area (Å²) < 4.78 is 7.29. The summed E-state index contributed by atoms with van der Waals surface area (Å²) in [6, 6.07) is 8.48. The van der Waals surface area contributed by atoms with Gasteiger partial charge in [0.15, 0.2) is 6.04 Å². The number of benzene rings is 1. The lowest BCUT2D eigenvalue weighted by atomic mass is 10.0. The fourth-order valence-corrected chi connectivity index (χ4v) is 3.37. The molecule has 1 atom stereocenters. The summed E-state index contributed by atoms with van der Waals surface area (Å²) in [7, 11) is 0. The van der Waals surface area contributed by atoms with Crippen molar-refractivity contribution in [2.75, 3.05) is 6.54 Å². The van der Waals surface area contributed by atoms with Gasteiger partial charge in [-0.15, -0.1) is 0 Å². The van der Waals surface area contributed by atoms with Crippen molar-refractivity contribution in [2.24, 2.45) is 11.5 Å². The second-order valence-electron chi connectivity index (χ2n) is 7.09. The van der Waals surface area contributed by atoms with E-state index in [0.717, 1.165) is 24.9 Å². The maximum Gasteiger partial charge on any atom is 0.341 e. The zero-order chi connectivity index (χ0) is 18.4. The van der Waals surface area contributed by atoms with Crippen LogP contribution in [0.5, 0.6) is 0 Å². The fraction of sp³-hybridized carbons (Fsp3) is 0.550. The van der Waals surface area contributed by atoms with Gasteiger partial charge in [-0.25, -0.2) is 0 Å². The Morgan fingerprint density at radius 2 is 1.85 bits per heavy atom. The first-order valence-electron chi connectivity index (χ1n) is 9.76. The molecule has 0 spiro atoms. The zero-order valence-corrected chi connectivity index (χ0v) is 15.7. The van der Waals surface area contributed by atoms with Gasteiger partial charge < -0.3 is 4.52 Å². The summed E-state index contributed by atoms with van der Waals surface area (Å²) in [4.78, 5) is 4.52. The van der Waals surface area contributed by atoms with E-state index in [1.165, 1.54) is 44.1 Å². The normalized spacial score (nSPS) is 16.5. The van der Waals surface area contributed by atoms with Crippen LogP contribution in [0.3, 0.4) is 0 Å². The predicted octanol–water partition coefficient (Wildman–Crippen LogP) is 3.37. The monoisotopic (exact) mass is 356 g/mol. The number of guanidine groups is 1. The molecule has 0 radical (unpaired) electrons. The Kier molecular flexibility index (Phi) is 6.26. The first-order chi connectivity index (χ1) is 12.7. The van der Waals surface area contributed by atoms with Crippen LogP contribution in [0.25, 0.3) is 11.4 Å². The molecule has 1 aliphatic heterocycles. The van der Waals surface area contributed by atoms with Gasteiger partial charge in [0.05, 0.1) is 6.54 Å². The van der Waals surface area contributed by atoms with E-state index in [1.807, 2.05) is 4.58 Å². The highest BCUT2D eigenvalue weighted by Gasteiger charge is 2.35. The van der Waals surface area contributed by atoms with Crippen molar-refractivity contribution in [1.82, 2.24) is 10.1 Å². The zero-order valence-electron chi connectivity index (χ0n) is 15.7. The number of hydrogen-bond acceptors (Lipinski definition) is 3. The van der Waals surface area contributed by atoms with E-state index >= 15 is 0 Å². The van der Waals surface area contributed by atoms with Crippen LogP contribution in [0.2, 0.25) is 0 Å². The summed E-state index contributed by atoms with van der Waals surface area (Å²) in [6.07, 6.45) is 10.00. The first kappa shape index (κ1) is 18.4. The Bertz CT molecular complexity index is 731. The van der Waals surface area contributed by atoms with Gasteiger partial charge in [0.1, 0.15) is 0 Å². The molecule has 0 unspecified atom stereocenters. The molecule has 0 amide bonds. The van der Waals surface area contributed by atoms with E-state index in [1.54, 1.807) is 0 Å². The van der Waals surface area contributed by atoms with E-state index in [9.17, 15) is 0 Å². The Hall–Kier alpha value is -2.37. The Morgan fingerprint density at radius 3 is 2.50 bits per heavy atom. The van der Waals surface area contributed by atoms with Gasteiger partial charge in [0, 0.05) is 12.0 Å². The Morgan fingerprint density at radius 1 is 1.12 bits per heavy atom. The third-order valence-electron chi connectivity index (χ3n) is 5.11. The van der Waals surface area contributed by atoms with Gasteiger partial charge in [-0.2, -0.15) is 4.98 Å². The van der Waals surface area contributed by atoms with Crippen LogP contribution >= 0.6 is 0 Å². The average Bonchev–Trinajstić information content (AvgIpc) is 3.06. The molecule has 2 aromatic rings. The van der Waals surface area contributed by atoms with Crippen LogP contribution in [-0.2, 0) is 6.42 Å². The third-order valence-corrected chi connectivity index (χ3v) is 5.11. The van der Waals surface area contributed by atoms with Gasteiger partial charge in [-0.05, 0) is 18.4 Å². The molecule has 140 valence electrons. The van der Waals surface area contributed by atoms with Gasteiger partial charge in [-0.1, -0.05) is 68.4 Å². The number of hydrogen-bond donors (Lipinski definition) is 2. The Labute approximate surface area is 155 Å². The number of unbranched alkanes of at least 4 members (excludes halogenated alkanes) is 5. The molecule has 1 aliphatic rings. The van der Waals surface area contributed by atoms with E-state index in [2.05, 4.69) is 41.3 Å². The third kappa shape index (κ3) is 4.42. The largest absolute Gasteiger partial charge is 0.341 e. The smallest absolute Gasteiger partial charge is 0.335 e. The molecule has 0 aliphatic carbocycles. The lowest BCUT2D eigenvalue weighted by Gasteiger charge is -2.26. The van der Waals surface area contributed by atoms with Crippen molar-refractivity contribution in [2.45, 2.75) is 64.3 Å². The number of nitrogens with zero attached hydrogens (tertiary/aromatic N) is 3. The maximum absolute atomic E-state index is 5.66. The quantitative estimate of drug-likeness (QED) is 0.408. The summed E-state index contributed by atoms with van der Waals surface area (Å²) in [5, 5.41) is 4.11. The van der Waals surface area contributed by atoms with E-state index in [0.29, 0.717) is 17.7 Å². The highest BCUT2D eigenvalue weighted by atomic mass is 16.5. The molecule has 1 aromatic heterocycles. The summed E-state index contributed by atoms with van der Waals surface area (Å²) in [6.45, 7) is 3.08. The Balaban J connectivity index is 1.53. The van der Waals surface area contributed by atoms with Crippen molar-refractivity contribution >= 4 is 5.96 Å². The number of nitrogens with two attached hydrogens (primary N) is 2. The average molecular weight is 356 g/mol. The first-order valence-corrected chi connectivity index (χ1v) is 9.76. The minimum Gasteiger partial charge on any atom is -0.335 e. The molecule has 0 bridgehead atoms.